The third kappa shape index (κ3) is 5.12. The lowest BCUT2D eigenvalue weighted by Gasteiger charge is -2.20. The molecule has 3 atom stereocenters. The second-order valence-electron chi connectivity index (χ2n) is 8.40. The highest BCUT2D eigenvalue weighted by Crippen LogP contribution is 2.49. The number of anilines is 1. The zero-order valence-electron chi connectivity index (χ0n) is 17.0. The van der Waals surface area contributed by atoms with Gasteiger partial charge >= 0.3 is 5.97 Å². The van der Waals surface area contributed by atoms with Gasteiger partial charge in [0, 0.05) is 12.1 Å². The lowest BCUT2D eigenvalue weighted by atomic mass is 9.86. The summed E-state index contributed by atoms with van der Waals surface area (Å²) in [5, 5.41) is 5.33. The minimum Gasteiger partial charge on any atom is -0.456 e. The molecule has 2 amide bonds. The van der Waals surface area contributed by atoms with E-state index in [1.807, 2.05) is 32.9 Å². The van der Waals surface area contributed by atoms with Gasteiger partial charge in [0.1, 0.15) is 0 Å². The second kappa shape index (κ2) is 8.76. The third-order valence-corrected chi connectivity index (χ3v) is 6.07. The van der Waals surface area contributed by atoms with Crippen LogP contribution in [0.5, 0.6) is 0 Å². The molecule has 2 N–H and O–H groups in total. The van der Waals surface area contributed by atoms with Gasteiger partial charge in [0.25, 0.3) is 5.91 Å². The summed E-state index contributed by atoms with van der Waals surface area (Å²) in [5.74, 6) is 0.767. The molecular weight excluding hydrogens is 356 g/mol. The van der Waals surface area contributed by atoms with Crippen LogP contribution in [0.15, 0.2) is 12.1 Å². The molecule has 2 fully saturated rings. The van der Waals surface area contributed by atoms with Gasteiger partial charge in [-0.15, -0.1) is 0 Å². The molecule has 2 bridgehead atoms. The molecule has 2 aliphatic rings. The molecule has 6 nitrogen and oxygen atoms in total. The molecule has 0 aliphatic heterocycles. The molecule has 152 valence electrons. The zero-order valence-corrected chi connectivity index (χ0v) is 17.0. The van der Waals surface area contributed by atoms with Crippen LogP contribution in [0, 0.1) is 38.5 Å². The molecule has 2 saturated carbocycles. The summed E-state index contributed by atoms with van der Waals surface area (Å²) in [6.45, 7) is 5.38. The fourth-order valence-corrected chi connectivity index (χ4v) is 4.84. The fraction of sp³-hybridized carbons (Fsp3) is 0.591. The number of esters is 1. The summed E-state index contributed by atoms with van der Waals surface area (Å²) < 4.78 is 5.09. The molecule has 0 unspecified atom stereocenters. The van der Waals surface area contributed by atoms with Gasteiger partial charge in [-0.05, 0) is 68.9 Å². The van der Waals surface area contributed by atoms with Gasteiger partial charge in [-0.2, -0.15) is 0 Å². The lowest BCUT2D eigenvalue weighted by Crippen LogP contribution is -2.36. The highest BCUT2D eigenvalue weighted by molar-refractivity contribution is 5.96. The maximum atomic E-state index is 12.1. The minimum atomic E-state index is -0.464. The molecule has 3 rings (SSSR count). The second-order valence-corrected chi connectivity index (χ2v) is 8.40. The first-order chi connectivity index (χ1) is 13.3. The van der Waals surface area contributed by atoms with Crippen molar-refractivity contribution in [3.8, 4) is 0 Å². The largest absolute Gasteiger partial charge is 0.456 e. The van der Waals surface area contributed by atoms with Gasteiger partial charge in [-0.25, -0.2) is 0 Å². The Morgan fingerprint density at radius 1 is 1.04 bits per heavy atom. The predicted octanol–water partition coefficient (Wildman–Crippen LogP) is 3.04. The number of hydrogen-bond donors (Lipinski definition) is 2. The van der Waals surface area contributed by atoms with Crippen molar-refractivity contribution in [1.82, 2.24) is 5.32 Å². The summed E-state index contributed by atoms with van der Waals surface area (Å²) >= 11 is 0. The van der Waals surface area contributed by atoms with Gasteiger partial charge in [0.05, 0.1) is 6.54 Å². The molecule has 6 heteroatoms. The minimum absolute atomic E-state index is 0.157. The molecule has 0 aromatic heterocycles. The Bertz CT molecular complexity index is 751. The highest BCUT2D eigenvalue weighted by atomic mass is 16.5. The predicted molar refractivity (Wildman–Crippen MR) is 107 cm³/mol. The van der Waals surface area contributed by atoms with Gasteiger partial charge in [0.15, 0.2) is 6.61 Å². The van der Waals surface area contributed by atoms with Crippen molar-refractivity contribution in [2.24, 2.45) is 17.8 Å². The average molecular weight is 386 g/mol. The molecule has 0 saturated heterocycles. The van der Waals surface area contributed by atoms with Crippen LogP contribution in [0.4, 0.5) is 5.69 Å². The van der Waals surface area contributed by atoms with E-state index in [-0.39, 0.29) is 25.0 Å². The number of rotatable bonds is 7. The molecule has 0 spiro atoms. The lowest BCUT2D eigenvalue weighted by molar-refractivity contribution is -0.149. The van der Waals surface area contributed by atoms with Crippen molar-refractivity contribution < 1.29 is 19.1 Å². The summed E-state index contributed by atoms with van der Waals surface area (Å²) in [7, 11) is 0. The van der Waals surface area contributed by atoms with E-state index in [1.54, 1.807) is 0 Å². The molecule has 0 radical (unpaired) electrons. The Labute approximate surface area is 166 Å². The van der Waals surface area contributed by atoms with E-state index in [0.717, 1.165) is 34.7 Å². The number of hydrogen-bond acceptors (Lipinski definition) is 4. The number of fused-ring (bicyclic) bond motifs is 2. The summed E-state index contributed by atoms with van der Waals surface area (Å²) in [5.41, 5.74) is 3.86. The van der Waals surface area contributed by atoms with Crippen LogP contribution in [-0.2, 0) is 19.1 Å². The van der Waals surface area contributed by atoms with E-state index < -0.39 is 5.91 Å². The first kappa shape index (κ1) is 20.4. The quantitative estimate of drug-likeness (QED) is 0.706. The smallest absolute Gasteiger partial charge is 0.306 e. The number of nitrogens with one attached hydrogen (secondary N) is 2. The molecule has 2 aliphatic carbocycles. The van der Waals surface area contributed by atoms with Crippen LogP contribution < -0.4 is 10.6 Å². The number of aryl methyl sites for hydroxylation is 3. The van der Waals surface area contributed by atoms with Crippen molar-refractivity contribution in [3.63, 3.8) is 0 Å². The first-order valence-electron chi connectivity index (χ1n) is 10.1. The molecule has 1 aromatic carbocycles. The molecule has 0 heterocycles. The number of ether oxygens (including phenoxy) is 1. The monoisotopic (exact) mass is 386 g/mol. The van der Waals surface area contributed by atoms with Crippen LogP contribution in [-0.4, -0.2) is 30.9 Å². The maximum absolute atomic E-state index is 12.1. The number of carbonyl (C=O) groups excluding carboxylic acids is 3. The highest BCUT2D eigenvalue weighted by Gasteiger charge is 2.40. The average Bonchev–Trinajstić information content (AvgIpc) is 3.24. The van der Waals surface area contributed by atoms with Crippen LogP contribution in [0.25, 0.3) is 0 Å². The normalized spacial score (nSPS) is 22.8. The fourth-order valence-electron chi connectivity index (χ4n) is 4.84. The van der Waals surface area contributed by atoms with E-state index in [9.17, 15) is 14.4 Å². The molecular formula is C22H30N2O4. The summed E-state index contributed by atoms with van der Waals surface area (Å²) in [6, 6.07) is 3.99. The van der Waals surface area contributed by atoms with Gasteiger partial charge < -0.3 is 15.4 Å². The Morgan fingerprint density at radius 3 is 2.36 bits per heavy atom. The Morgan fingerprint density at radius 2 is 1.75 bits per heavy atom. The van der Waals surface area contributed by atoms with Crippen molar-refractivity contribution in [1.29, 1.82) is 0 Å². The van der Waals surface area contributed by atoms with Crippen LogP contribution in [0.1, 0.15) is 48.8 Å². The van der Waals surface area contributed by atoms with Crippen LogP contribution in [0.3, 0.4) is 0 Å². The summed E-state index contributed by atoms with van der Waals surface area (Å²) in [4.78, 5) is 36.0. The van der Waals surface area contributed by atoms with Gasteiger partial charge in [-0.3, -0.25) is 14.4 Å². The molecule has 1 aromatic rings. The first-order valence-corrected chi connectivity index (χ1v) is 10.1. The van der Waals surface area contributed by atoms with Crippen molar-refractivity contribution in [2.45, 2.75) is 52.9 Å². The van der Waals surface area contributed by atoms with E-state index in [4.69, 9.17) is 4.74 Å². The van der Waals surface area contributed by atoms with Crippen molar-refractivity contribution >= 4 is 23.5 Å². The Kier molecular flexibility index (Phi) is 6.37. The number of benzene rings is 1. The topological polar surface area (TPSA) is 84.5 Å². The van der Waals surface area contributed by atoms with E-state index in [1.165, 1.54) is 19.3 Å². The molecule has 28 heavy (non-hydrogen) atoms. The SMILES string of the molecule is Cc1cc(C)c(NC(=O)CNC(=O)COC(=O)C[C@H]2C[C@@H]3CC[C@@H]2C3)c(C)c1. The summed E-state index contributed by atoms with van der Waals surface area (Å²) in [6.07, 6.45) is 5.28. The van der Waals surface area contributed by atoms with E-state index in [2.05, 4.69) is 10.6 Å². The van der Waals surface area contributed by atoms with Crippen LogP contribution in [0.2, 0.25) is 0 Å². The van der Waals surface area contributed by atoms with E-state index in [0.29, 0.717) is 18.3 Å². The number of carbonyl (C=O) groups is 3. The third-order valence-electron chi connectivity index (χ3n) is 6.07. The van der Waals surface area contributed by atoms with E-state index >= 15 is 0 Å². The Hall–Kier alpha value is -2.37. The standard InChI is InChI=1S/C22H30N2O4/c1-13-6-14(2)22(15(3)7-13)24-19(25)11-23-20(26)12-28-21(27)10-18-9-16-4-5-17(18)8-16/h6-7,16-18H,4-5,8-12H2,1-3H3,(H,23,26)(H,24,25)/t16-,17-,18-/m1/s1. The van der Waals surface area contributed by atoms with Crippen molar-refractivity contribution in [2.75, 3.05) is 18.5 Å². The van der Waals surface area contributed by atoms with Crippen molar-refractivity contribution in [3.05, 3.63) is 28.8 Å². The maximum Gasteiger partial charge on any atom is 0.306 e. The zero-order chi connectivity index (χ0) is 20.3. The number of amides is 2. The van der Waals surface area contributed by atoms with Crippen LogP contribution >= 0.6 is 0 Å². The Balaban J connectivity index is 1.36. The van der Waals surface area contributed by atoms with Gasteiger partial charge in [0.2, 0.25) is 5.91 Å². The van der Waals surface area contributed by atoms with Gasteiger partial charge in [-0.1, -0.05) is 24.1 Å².